The molecule has 0 atom stereocenters. The first-order chi connectivity index (χ1) is 11.0. The van der Waals surface area contributed by atoms with Gasteiger partial charge in [-0.3, -0.25) is 9.89 Å². The van der Waals surface area contributed by atoms with Gasteiger partial charge in [-0.05, 0) is 40.5 Å². The van der Waals surface area contributed by atoms with E-state index in [9.17, 15) is 0 Å². The molecular formula is C16H33N7. The van der Waals surface area contributed by atoms with Crippen molar-refractivity contribution in [2.75, 3.05) is 26.7 Å². The molecule has 0 radical (unpaired) electrons. The molecule has 0 spiro atoms. The lowest BCUT2D eigenvalue weighted by Crippen LogP contribution is -2.45. The van der Waals surface area contributed by atoms with Gasteiger partial charge in [0.05, 0.1) is 0 Å². The van der Waals surface area contributed by atoms with Gasteiger partial charge >= 0.3 is 0 Å². The molecule has 0 saturated carbocycles. The number of guanidine groups is 1. The minimum Gasteiger partial charge on any atom is -0.356 e. The van der Waals surface area contributed by atoms with E-state index in [2.05, 4.69) is 58.4 Å². The number of unbranched alkanes of at least 4 members (excludes halogenated alkanes) is 1. The fourth-order valence-corrected chi connectivity index (χ4v) is 2.60. The molecule has 7 heteroatoms. The Balaban J connectivity index is 2.14. The lowest BCUT2D eigenvalue weighted by atomic mass is 10.2. The predicted octanol–water partition coefficient (Wildman–Crippen LogP) is 1.34. The monoisotopic (exact) mass is 323 g/mol. The van der Waals surface area contributed by atoms with Crippen LogP contribution in [-0.4, -0.2) is 64.4 Å². The van der Waals surface area contributed by atoms with E-state index in [0.29, 0.717) is 12.1 Å². The third kappa shape index (κ3) is 7.97. The number of rotatable bonds is 10. The number of nitrogens with one attached hydrogen (secondary N) is 2. The van der Waals surface area contributed by atoms with Crippen molar-refractivity contribution in [3.05, 3.63) is 12.7 Å². The van der Waals surface area contributed by atoms with Gasteiger partial charge in [0, 0.05) is 45.3 Å². The van der Waals surface area contributed by atoms with E-state index in [1.165, 1.54) is 0 Å². The van der Waals surface area contributed by atoms with Gasteiger partial charge in [0.1, 0.15) is 12.7 Å². The summed E-state index contributed by atoms with van der Waals surface area (Å²) in [6.45, 7) is 12.7. The van der Waals surface area contributed by atoms with Crippen LogP contribution in [0.4, 0.5) is 0 Å². The highest BCUT2D eigenvalue weighted by Gasteiger charge is 2.12. The van der Waals surface area contributed by atoms with Crippen molar-refractivity contribution in [3.8, 4) is 0 Å². The Morgan fingerprint density at radius 3 is 2.22 bits per heavy atom. The van der Waals surface area contributed by atoms with Gasteiger partial charge in [-0.2, -0.15) is 0 Å². The molecule has 0 unspecified atom stereocenters. The lowest BCUT2D eigenvalue weighted by Gasteiger charge is -2.30. The molecule has 0 amide bonds. The minimum atomic E-state index is 0.560. The van der Waals surface area contributed by atoms with Crippen LogP contribution in [0.15, 0.2) is 17.6 Å². The van der Waals surface area contributed by atoms with Gasteiger partial charge < -0.3 is 15.2 Å². The van der Waals surface area contributed by atoms with Crippen LogP contribution in [0, 0.1) is 0 Å². The first-order valence-electron chi connectivity index (χ1n) is 8.57. The number of hydrogen-bond donors (Lipinski definition) is 2. The summed E-state index contributed by atoms with van der Waals surface area (Å²) in [4.78, 5) is 6.74. The summed E-state index contributed by atoms with van der Waals surface area (Å²) < 4.78 is 2.00. The van der Waals surface area contributed by atoms with Crippen LogP contribution in [0.1, 0.15) is 40.5 Å². The van der Waals surface area contributed by atoms with E-state index in [1.807, 2.05) is 11.6 Å². The molecule has 1 aromatic rings. The second kappa shape index (κ2) is 11.0. The maximum Gasteiger partial charge on any atom is 0.191 e. The van der Waals surface area contributed by atoms with Gasteiger partial charge in [-0.1, -0.05) is 0 Å². The Hall–Kier alpha value is -1.63. The van der Waals surface area contributed by atoms with Crippen molar-refractivity contribution >= 4 is 5.96 Å². The van der Waals surface area contributed by atoms with E-state index in [0.717, 1.165) is 45.0 Å². The van der Waals surface area contributed by atoms with Gasteiger partial charge in [0.15, 0.2) is 5.96 Å². The van der Waals surface area contributed by atoms with Crippen molar-refractivity contribution in [2.45, 2.75) is 59.2 Å². The Kier molecular flexibility index (Phi) is 9.28. The van der Waals surface area contributed by atoms with Crippen LogP contribution < -0.4 is 10.6 Å². The molecule has 0 aliphatic rings. The van der Waals surface area contributed by atoms with Crippen molar-refractivity contribution in [1.82, 2.24) is 30.3 Å². The van der Waals surface area contributed by atoms with Crippen molar-refractivity contribution in [2.24, 2.45) is 4.99 Å². The average molecular weight is 323 g/mol. The summed E-state index contributed by atoms with van der Waals surface area (Å²) in [6.07, 6.45) is 5.69. The molecule has 23 heavy (non-hydrogen) atoms. The summed E-state index contributed by atoms with van der Waals surface area (Å²) in [7, 11) is 1.81. The van der Waals surface area contributed by atoms with Crippen LogP contribution in [0.5, 0.6) is 0 Å². The smallest absolute Gasteiger partial charge is 0.191 e. The maximum atomic E-state index is 4.27. The Morgan fingerprint density at radius 1 is 1.04 bits per heavy atom. The summed E-state index contributed by atoms with van der Waals surface area (Å²) >= 11 is 0. The van der Waals surface area contributed by atoms with Crippen molar-refractivity contribution < 1.29 is 0 Å². The summed E-state index contributed by atoms with van der Waals surface area (Å²) in [5.74, 6) is 0.877. The Bertz CT molecular complexity index is 418. The first-order valence-corrected chi connectivity index (χ1v) is 8.57. The van der Waals surface area contributed by atoms with Crippen LogP contribution >= 0.6 is 0 Å². The SMILES string of the molecule is CN=C(NCCCCn1cnnc1)NCCN(C(C)C)C(C)C. The quantitative estimate of drug-likeness (QED) is 0.386. The molecule has 2 N–H and O–H groups in total. The van der Waals surface area contributed by atoms with E-state index >= 15 is 0 Å². The molecule has 0 saturated heterocycles. The van der Waals surface area contributed by atoms with Crippen molar-refractivity contribution in [1.29, 1.82) is 0 Å². The van der Waals surface area contributed by atoms with Gasteiger partial charge in [0.2, 0.25) is 0 Å². The Morgan fingerprint density at radius 2 is 1.65 bits per heavy atom. The molecule has 1 heterocycles. The second-order valence-corrected chi connectivity index (χ2v) is 6.26. The zero-order valence-corrected chi connectivity index (χ0v) is 15.3. The van der Waals surface area contributed by atoms with E-state index in [-0.39, 0.29) is 0 Å². The largest absolute Gasteiger partial charge is 0.356 e. The third-order valence-corrected chi connectivity index (χ3v) is 3.81. The molecule has 1 rings (SSSR count). The van der Waals surface area contributed by atoms with E-state index < -0.39 is 0 Å². The maximum absolute atomic E-state index is 4.27. The lowest BCUT2D eigenvalue weighted by molar-refractivity contribution is 0.178. The fraction of sp³-hybridized carbons (Fsp3) is 0.812. The number of aromatic nitrogens is 3. The topological polar surface area (TPSA) is 70.4 Å². The Labute approximate surface area is 140 Å². The minimum absolute atomic E-state index is 0.560. The van der Waals surface area contributed by atoms with Crippen LogP contribution in [0.3, 0.4) is 0 Å². The normalized spacial score (nSPS) is 12.4. The zero-order valence-electron chi connectivity index (χ0n) is 15.3. The average Bonchev–Trinajstić information content (AvgIpc) is 3.01. The molecule has 7 nitrogen and oxygen atoms in total. The molecule has 0 aliphatic carbocycles. The van der Waals surface area contributed by atoms with Gasteiger partial charge in [0.25, 0.3) is 0 Å². The van der Waals surface area contributed by atoms with Crippen molar-refractivity contribution in [3.63, 3.8) is 0 Å². The molecule has 0 aromatic carbocycles. The van der Waals surface area contributed by atoms with E-state index in [1.54, 1.807) is 12.7 Å². The molecule has 132 valence electrons. The third-order valence-electron chi connectivity index (χ3n) is 3.81. The molecular weight excluding hydrogens is 290 g/mol. The van der Waals surface area contributed by atoms with Crippen LogP contribution in [0.2, 0.25) is 0 Å². The number of aliphatic imine (C=N–C) groups is 1. The highest BCUT2D eigenvalue weighted by Crippen LogP contribution is 2.03. The van der Waals surface area contributed by atoms with Gasteiger partial charge in [-0.15, -0.1) is 10.2 Å². The summed E-state index contributed by atoms with van der Waals surface area (Å²) in [5.41, 5.74) is 0. The van der Waals surface area contributed by atoms with Crippen LogP contribution in [-0.2, 0) is 6.54 Å². The molecule has 0 aliphatic heterocycles. The van der Waals surface area contributed by atoms with E-state index in [4.69, 9.17) is 0 Å². The zero-order chi connectivity index (χ0) is 17.1. The highest BCUT2D eigenvalue weighted by atomic mass is 15.2. The number of aryl methyl sites for hydroxylation is 1. The summed E-state index contributed by atoms with van der Waals surface area (Å²) in [5, 5.41) is 14.3. The number of nitrogens with zero attached hydrogens (tertiary/aromatic N) is 5. The molecule has 0 fully saturated rings. The number of hydrogen-bond acceptors (Lipinski definition) is 4. The molecule has 1 aromatic heterocycles. The highest BCUT2D eigenvalue weighted by molar-refractivity contribution is 5.79. The molecule has 0 bridgehead atoms. The second-order valence-electron chi connectivity index (χ2n) is 6.26. The predicted molar refractivity (Wildman–Crippen MR) is 95.6 cm³/mol. The first kappa shape index (κ1) is 19.4. The summed E-state index contributed by atoms with van der Waals surface area (Å²) in [6, 6.07) is 1.12. The van der Waals surface area contributed by atoms with Gasteiger partial charge in [-0.25, -0.2) is 0 Å². The fourth-order valence-electron chi connectivity index (χ4n) is 2.60. The van der Waals surface area contributed by atoms with Crippen LogP contribution in [0.25, 0.3) is 0 Å². The standard InChI is InChI=1S/C16H33N7/c1-14(2)23(15(3)4)11-9-19-16(17-5)18-8-6-7-10-22-12-20-21-13-22/h12-15H,6-11H2,1-5H3,(H2,17,18,19).